The second-order valence-electron chi connectivity index (χ2n) is 11.4. The van der Waals surface area contributed by atoms with E-state index in [1.807, 2.05) is 61.7 Å². The van der Waals surface area contributed by atoms with Crippen molar-refractivity contribution in [3.8, 4) is 16.9 Å². The lowest BCUT2D eigenvalue weighted by Gasteiger charge is -2.17. The third-order valence-electron chi connectivity index (χ3n) is 8.53. The van der Waals surface area contributed by atoms with Crippen molar-refractivity contribution >= 4 is 44.9 Å². The van der Waals surface area contributed by atoms with Gasteiger partial charge in [0.25, 0.3) is 0 Å². The molecule has 5 heteroatoms. The van der Waals surface area contributed by atoms with E-state index in [1.54, 1.807) is 0 Å². The Kier molecular flexibility index (Phi) is 7.96. The number of hydrogen-bond donors (Lipinski definition) is 1. The maximum Gasteiger partial charge on any atom is 0.227 e. The highest BCUT2D eigenvalue weighted by Crippen LogP contribution is 2.39. The zero-order chi connectivity index (χ0) is 31.5. The molecule has 0 bridgehead atoms. The van der Waals surface area contributed by atoms with Gasteiger partial charge >= 0.3 is 0 Å². The number of allylic oxidation sites excluding steroid dienone is 4. The van der Waals surface area contributed by atoms with Gasteiger partial charge in [-0.3, -0.25) is 4.57 Å². The van der Waals surface area contributed by atoms with Crippen molar-refractivity contribution in [2.45, 2.75) is 26.7 Å². The minimum absolute atomic E-state index is 0.496. The third kappa shape index (κ3) is 5.59. The molecule has 46 heavy (non-hydrogen) atoms. The Balaban J connectivity index is 1.36. The lowest BCUT2D eigenvalue weighted by atomic mass is 9.96. The van der Waals surface area contributed by atoms with Gasteiger partial charge in [-0.1, -0.05) is 110 Å². The lowest BCUT2D eigenvalue weighted by molar-refractivity contribution is 1.00. The van der Waals surface area contributed by atoms with E-state index >= 15 is 0 Å². The zero-order valence-corrected chi connectivity index (χ0v) is 26.1. The van der Waals surface area contributed by atoms with Gasteiger partial charge in [-0.2, -0.15) is 0 Å². The fourth-order valence-corrected chi connectivity index (χ4v) is 6.22. The van der Waals surface area contributed by atoms with Crippen molar-refractivity contribution in [3.63, 3.8) is 0 Å². The maximum atomic E-state index is 5.03. The number of aryl methyl sites for hydroxylation is 1. The van der Waals surface area contributed by atoms with Gasteiger partial charge < -0.3 is 5.32 Å². The third-order valence-corrected chi connectivity index (χ3v) is 8.53. The second-order valence-corrected chi connectivity index (χ2v) is 11.4. The molecule has 1 aliphatic rings. The lowest BCUT2D eigenvalue weighted by Crippen LogP contribution is -2.14. The van der Waals surface area contributed by atoms with Crippen LogP contribution in [0.25, 0.3) is 44.4 Å². The Bertz CT molecular complexity index is 2200. The highest BCUT2D eigenvalue weighted by molar-refractivity contribution is 6.13. The van der Waals surface area contributed by atoms with Crippen LogP contribution < -0.4 is 5.32 Å². The topological polar surface area (TPSA) is 54.6 Å². The van der Waals surface area contributed by atoms with E-state index in [4.69, 9.17) is 15.0 Å². The van der Waals surface area contributed by atoms with E-state index in [0.29, 0.717) is 11.7 Å². The largest absolute Gasteiger partial charge is 0.324 e. The number of rotatable bonds is 6. The van der Waals surface area contributed by atoms with Gasteiger partial charge in [0.05, 0.1) is 16.7 Å². The summed E-state index contributed by atoms with van der Waals surface area (Å²) < 4.78 is 2.27. The Morgan fingerprint density at radius 1 is 0.804 bits per heavy atom. The molecule has 224 valence electrons. The summed E-state index contributed by atoms with van der Waals surface area (Å²) in [5, 5.41) is 6.00. The first kappa shape index (κ1) is 28.9. The SMILES string of the molecule is C=C(N=C(N=C(C)C1=CC=CCC1)Nc1ccccc1-c1ccc2c3ccccc3n(-c3ccccn3)c2c1C)c1ccccc1. The first-order chi connectivity index (χ1) is 22.6. The zero-order valence-electron chi connectivity index (χ0n) is 26.1. The number of aromatic nitrogens is 2. The molecule has 7 rings (SSSR count). The number of nitrogens with zero attached hydrogens (tertiary/aromatic N) is 4. The monoisotopic (exact) mass is 597 g/mol. The standard InChI is InChI=1S/C41H35N5/c1-28-33(25-26-36-35-21-11-13-23-38(35)46(40(28)36)39-24-14-15-27-42-39)34-20-10-12-22-37(34)45-41(43-29(2)31-16-6-4-7-17-31)44-30(3)32-18-8-5-9-19-32/h4-8,10-18,20-27H,2,9,19H2,1,3H3,(H,43,45). The summed E-state index contributed by atoms with van der Waals surface area (Å²) in [6.45, 7) is 8.53. The van der Waals surface area contributed by atoms with Crippen molar-refractivity contribution in [1.82, 2.24) is 9.55 Å². The summed E-state index contributed by atoms with van der Waals surface area (Å²) in [6.07, 6.45) is 10.2. The minimum Gasteiger partial charge on any atom is -0.324 e. The Labute approximate surface area is 269 Å². The van der Waals surface area contributed by atoms with Crippen LogP contribution in [-0.4, -0.2) is 21.2 Å². The Morgan fingerprint density at radius 2 is 1.59 bits per heavy atom. The summed E-state index contributed by atoms with van der Waals surface area (Å²) in [5.74, 6) is 1.39. The molecule has 0 aliphatic heterocycles. The summed E-state index contributed by atoms with van der Waals surface area (Å²) in [7, 11) is 0. The summed E-state index contributed by atoms with van der Waals surface area (Å²) in [6, 6.07) is 37.4. The molecule has 2 heterocycles. The van der Waals surface area contributed by atoms with Gasteiger partial charge in [-0.25, -0.2) is 15.0 Å². The minimum atomic E-state index is 0.496. The fraction of sp³-hybridized carbons (Fsp3) is 0.0976. The highest BCUT2D eigenvalue weighted by Gasteiger charge is 2.19. The van der Waals surface area contributed by atoms with Gasteiger partial charge in [-0.15, -0.1) is 0 Å². The number of fused-ring (bicyclic) bond motifs is 3. The van der Waals surface area contributed by atoms with Gasteiger partial charge in [-0.05, 0) is 73.2 Å². The summed E-state index contributed by atoms with van der Waals surface area (Å²) in [5.41, 5.74) is 10.3. The van der Waals surface area contributed by atoms with Crippen LogP contribution in [0, 0.1) is 6.92 Å². The van der Waals surface area contributed by atoms with Crippen LogP contribution in [0.15, 0.2) is 156 Å². The first-order valence-corrected chi connectivity index (χ1v) is 15.6. The molecular formula is C41H35N5. The van der Waals surface area contributed by atoms with Crippen LogP contribution in [-0.2, 0) is 0 Å². The van der Waals surface area contributed by atoms with Gasteiger partial charge in [0.15, 0.2) is 0 Å². The molecule has 0 fully saturated rings. The average molecular weight is 598 g/mol. The van der Waals surface area contributed by atoms with E-state index in [9.17, 15) is 0 Å². The maximum absolute atomic E-state index is 5.03. The number of aliphatic imine (C=N–C) groups is 2. The Hall–Kier alpha value is -5.81. The van der Waals surface area contributed by atoms with Crippen molar-refractivity contribution in [2.75, 3.05) is 5.32 Å². The summed E-state index contributed by atoms with van der Waals surface area (Å²) in [4.78, 5) is 14.7. The van der Waals surface area contributed by atoms with Crippen LogP contribution in [0.5, 0.6) is 0 Å². The Morgan fingerprint density at radius 3 is 2.39 bits per heavy atom. The highest BCUT2D eigenvalue weighted by atomic mass is 15.1. The number of nitrogens with one attached hydrogen (secondary N) is 1. The second kappa shape index (κ2) is 12.7. The molecule has 0 unspecified atom stereocenters. The van der Waals surface area contributed by atoms with Crippen LogP contribution in [0.1, 0.15) is 30.9 Å². The van der Waals surface area contributed by atoms with Gasteiger partial charge in [0, 0.05) is 33.9 Å². The van der Waals surface area contributed by atoms with Crippen LogP contribution in [0.2, 0.25) is 0 Å². The quantitative estimate of drug-likeness (QED) is 0.153. The van der Waals surface area contributed by atoms with Gasteiger partial charge in [0.2, 0.25) is 5.96 Å². The average Bonchev–Trinajstić information content (AvgIpc) is 3.45. The summed E-state index contributed by atoms with van der Waals surface area (Å²) >= 11 is 0. The van der Waals surface area contributed by atoms with E-state index < -0.39 is 0 Å². The predicted octanol–water partition coefficient (Wildman–Crippen LogP) is 10.3. The number of para-hydroxylation sites is 2. The molecule has 0 radical (unpaired) electrons. The molecule has 5 nitrogen and oxygen atoms in total. The van der Waals surface area contributed by atoms with Crippen molar-refractivity contribution < 1.29 is 0 Å². The van der Waals surface area contributed by atoms with E-state index in [2.05, 4.69) is 102 Å². The fourth-order valence-electron chi connectivity index (χ4n) is 6.22. The molecule has 0 spiro atoms. The van der Waals surface area contributed by atoms with Crippen LogP contribution >= 0.6 is 0 Å². The number of anilines is 1. The number of benzene rings is 4. The number of hydrogen-bond acceptors (Lipinski definition) is 2. The molecule has 0 amide bonds. The molecule has 4 aromatic carbocycles. The van der Waals surface area contributed by atoms with Gasteiger partial charge in [0.1, 0.15) is 5.82 Å². The predicted molar refractivity (Wildman–Crippen MR) is 195 cm³/mol. The van der Waals surface area contributed by atoms with E-state index in [1.165, 1.54) is 21.9 Å². The van der Waals surface area contributed by atoms with Crippen molar-refractivity contribution in [3.05, 3.63) is 157 Å². The van der Waals surface area contributed by atoms with Crippen LogP contribution in [0.3, 0.4) is 0 Å². The normalized spacial score (nSPS) is 13.7. The van der Waals surface area contributed by atoms with E-state index in [0.717, 1.165) is 57.8 Å². The van der Waals surface area contributed by atoms with E-state index in [-0.39, 0.29) is 0 Å². The molecule has 2 aromatic heterocycles. The molecule has 0 saturated carbocycles. The molecule has 1 aliphatic carbocycles. The molecular weight excluding hydrogens is 562 g/mol. The molecule has 0 atom stereocenters. The molecule has 6 aromatic rings. The molecule has 0 saturated heterocycles. The first-order valence-electron chi connectivity index (χ1n) is 15.6. The van der Waals surface area contributed by atoms with Crippen molar-refractivity contribution in [2.24, 2.45) is 9.98 Å². The number of guanidine groups is 1. The smallest absolute Gasteiger partial charge is 0.227 e. The van der Waals surface area contributed by atoms with Crippen LogP contribution in [0.4, 0.5) is 5.69 Å². The molecule has 1 N–H and O–H groups in total. The number of pyridine rings is 1. The van der Waals surface area contributed by atoms with Crippen molar-refractivity contribution in [1.29, 1.82) is 0 Å².